The summed E-state index contributed by atoms with van der Waals surface area (Å²) in [5, 5.41) is 0. The van der Waals surface area contributed by atoms with E-state index in [0.29, 0.717) is 0 Å². The van der Waals surface area contributed by atoms with Crippen molar-refractivity contribution in [1.29, 1.82) is 0 Å². The van der Waals surface area contributed by atoms with Gasteiger partial charge in [0.15, 0.2) is 0 Å². The molecule has 0 saturated heterocycles. The fourth-order valence-electron chi connectivity index (χ4n) is 3.43. The summed E-state index contributed by atoms with van der Waals surface area (Å²) in [6.45, 7) is 2.27. The Bertz CT molecular complexity index is 759. The third kappa shape index (κ3) is 5.32. The molecule has 0 bridgehead atoms. The predicted octanol–water partition coefficient (Wildman–Crippen LogP) is 6.57. The van der Waals surface area contributed by atoms with Crippen LogP contribution in [0.3, 0.4) is 0 Å². The van der Waals surface area contributed by atoms with Crippen molar-refractivity contribution in [2.45, 2.75) is 58.3 Å². The third-order valence-electron chi connectivity index (χ3n) is 4.87. The van der Waals surface area contributed by atoms with E-state index in [4.69, 9.17) is 4.98 Å². The summed E-state index contributed by atoms with van der Waals surface area (Å²) in [7, 11) is 0. The number of rotatable bonds is 10. The minimum atomic E-state index is 0.858. The molecular formula is C24H30N2. The first-order valence-corrected chi connectivity index (χ1v) is 10.0. The van der Waals surface area contributed by atoms with Crippen LogP contribution in [0.1, 0.15) is 62.5 Å². The molecule has 2 aromatic carbocycles. The summed E-state index contributed by atoms with van der Waals surface area (Å²) >= 11 is 0. The quantitative estimate of drug-likeness (QED) is 0.413. The minimum absolute atomic E-state index is 0.858. The van der Waals surface area contributed by atoms with Gasteiger partial charge in [-0.05, 0) is 18.4 Å². The van der Waals surface area contributed by atoms with Crippen LogP contribution in [0.25, 0.3) is 11.3 Å². The summed E-state index contributed by atoms with van der Waals surface area (Å²) in [5.74, 6) is 1.07. The lowest BCUT2D eigenvalue weighted by Crippen LogP contribution is -1.92. The number of hydrogen-bond donors (Lipinski definition) is 1. The Hall–Kier alpha value is -2.35. The highest BCUT2D eigenvalue weighted by molar-refractivity contribution is 5.62. The number of benzene rings is 2. The van der Waals surface area contributed by atoms with Gasteiger partial charge >= 0.3 is 0 Å². The molecule has 3 aromatic rings. The van der Waals surface area contributed by atoms with Crippen molar-refractivity contribution >= 4 is 0 Å². The van der Waals surface area contributed by atoms with Crippen LogP contribution in [0.5, 0.6) is 0 Å². The van der Waals surface area contributed by atoms with E-state index >= 15 is 0 Å². The summed E-state index contributed by atoms with van der Waals surface area (Å²) in [6, 6.07) is 21.1. The monoisotopic (exact) mass is 346 g/mol. The molecule has 1 N–H and O–H groups in total. The van der Waals surface area contributed by atoms with Gasteiger partial charge in [-0.25, -0.2) is 4.98 Å². The zero-order chi connectivity index (χ0) is 18.0. The summed E-state index contributed by atoms with van der Waals surface area (Å²) in [5.41, 5.74) is 4.93. The molecule has 0 saturated carbocycles. The highest BCUT2D eigenvalue weighted by Gasteiger charge is 2.12. The van der Waals surface area contributed by atoms with Crippen molar-refractivity contribution in [3.8, 4) is 11.3 Å². The van der Waals surface area contributed by atoms with Crippen molar-refractivity contribution < 1.29 is 0 Å². The molecule has 0 radical (unpaired) electrons. The minimum Gasteiger partial charge on any atom is -0.345 e. The van der Waals surface area contributed by atoms with E-state index < -0.39 is 0 Å². The number of aromatic nitrogens is 2. The molecule has 0 amide bonds. The first-order chi connectivity index (χ1) is 12.9. The predicted molar refractivity (Wildman–Crippen MR) is 110 cm³/mol. The van der Waals surface area contributed by atoms with Crippen molar-refractivity contribution in [3.63, 3.8) is 0 Å². The van der Waals surface area contributed by atoms with Gasteiger partial charge in [-0.3, -0.25) is 0 Å². The Morgan fingerprint density at radius 3 is 2.15 bits per heavy atom. The van der Waals surface area contributed by atoms with Gasteiger partial charge in [0, 0.05) is 17.7 Å². The first kappa shape index (κ1) is 18.4. The molecule has 26 heavy (non-hydrogen) atoms. The smallest absolute Gasteiger partial charge is 0.111 e. The number of nitrogens with zero attached hydrogens (tertiary/aromatic N) is 1. The van der Waals surface area contributed by atoms with Crippen LogP contribution >= 0.6 is 0 Å². The number of unbranched alkanes of at least 4 members (excludes halogenated alkanes) is 5. The number of aromatic amines is 1. The molecule has 0 spiro atoms. The van der Waals surface area contributed by atoms with Crippen molar-refractivity contribution in [2.24, 2.45) is 0 Å². The second-order valence-corrected chi connectivity index (χ2v) is 7.06. The van der Waals surface area contributed by atoms with Gasteiger partial charge in [-0.15, -0.1) is 0 Å². The molecule has 2 heteroatoms. The fourth-order valence-corrected chi connectivity index (χ4v) is 3.43. The average Bonchev–Trinajstić information content (AvgIpc) is 3.08. The molecule has 0 unspecified atom stereocenters. The maximum absolute atomic E-state index is 4.95. The molecule has 136 valence electrons. The topological polar surface area (TPSA) is 28.7 Å². The van der Waals surface area contributed by atoms with Crippen LogP contribution in [0, 0.1) is 0 Å². The molecule has 1 heterocycles. The van der Waals surface area contributed by atoms with E-state index in [-0.39, 0.29) is 0 Å². The fraction of sp³-hybridized carbons (Fsp3) is 0.375. The molecule has 0 fully saturated rings. The number of hydrogen-bond acceptors (Lipinski definition) is 1. The largest absolute Gasteiger partial charge is 0.345 e. The van der Waals surface area contributed by atoms with E-state index in [1.54, 1.807) is 0 Å². The van der Waals surface area contributed by atoms with Crippen LogP contribution in [0.15, 0.2) is 60.7 Å². The van der Waals surface area contributed by atoms with Crippen LogP contribution in [0.4, 0.5) is 0 Å². The van der Waals surface area contributed by atoms with E-state index in [1.165, 1.54) is 55.3 Å². The Morgan fingerprint density at radius 1 is 0.769 bits per heavy atom. The first-order valence-electron chi connectivity index (χ1n) is 10.0. The molecule has 0 atom stereocenters. The number of nitrogens with one attached hydrogen (secondary N) is 1. The average molecular weight is 347 g/mol. The standard InChI is InChI=1S/C24H30N2/c1-2-3-4-5-6-13-18-22-24(21-16-11-8-12-17-21)26-23(25-22)19-20-14-9-7-10-15-20/h7-12,14-17H,2-6,13,18-19H2,1H3,(H,25,26). The van der Waals surface area contributed by atoms with Crippen molar-refractivity contribution in [1.82, 2.24) is 9.97 Å². The molecule has 0 aliphatic heterocycles. The maximum atomic E-state index is 4.95. The molecule has 0 aliphatic carbocycles. The summed E-state index contributed by atoms with van der Waals surface area (Å²) < 4.78 is 0. The van der Waals surface area contributed by atoms with Crippen LogP contribution in [0.2, 0.25) is 0 Å². The zero-order valence-corrected chi connectivity index (χ0v) is 15.9. The van der Waals surface area contributed by atoms with Crippen LogP contribution in [-0.4, -0.2) is 9.97 Å². The molecular weight excluding hydrogens is 316 g/mol. The SMILES string of the molecule is CCCCCCCCc1[nH]c(Cc2ccccc2)nc1-c1ccccc1. The highest BCUT2D eigenvalue weighted by Crippen LogP contribution is 2.24. The lowest BCUT2D eigenvalue weighted by atomic mass is 10.0. The molecule has 2 nitrogen and oxygen atoms in total. The number of aryl methyl sites for hydroxylation is 1. The molecule has 3 rings (SSSR count). The molecule has 1 aromatic heterocycles. The lowest BCUT2D eigenvalue weighted by Gasteiger charge is -2.03. The third-order valence-corrected chi connectivity index (χ3v) is 4.87. The molecule has 0 aliphatic rings. The van der Waals surface area contributed by atoms with Crippen LogP contribution < -0.4 is 0 Å². The Labute approximate surface area is 157 Å². The van der Waals surface area contributed by atoms with Gasteiger partial charge in [0.1, 0.15) is 5.82 Å². The number of H-pyrrole nitrogens is 1. The van der Waals surface area contributed by atoms with Gasteiger partial charge < -0.3 is 4.98 Å². The van der Waals surface area contributed by atoms with Crippen molar-refractivity contribution in [3.05, 3.63) is 77.7 Å². The summed E-state index contributed by atoms with van der Waals surface area (Å²) in [6.07, 6.45) is 9.86. The van der Waals surface area contributed by atoms with Crippen molar-refractivity contribution in [2.75, 3.05) is 0 Å². The second kappa shape index (κ2) is 9.96. The van der Waals surface area contributed by atoms with Crippen LogP contribution in [-0.2, 0) is 12.8 Å². The zero-order valence-electron chi connectivity index (χ0n) is 15.9. The van der Waals surface area contributed by atoms with Gasteiger partial charge in [-0.2, -0.15) is 0 Å². The van der Waals surface area contributed by atoms with E-state index in [1.807, 2.05) is 0 Å². The van der Waals surface area contributed by atoms with E-state index in [2.05, 4.69) is 72.6 Å². The highest BCUT2D eigenvalue weighted by atomic mass is 14.9. The Morgan fingerprint density at radius 2 is 1.42 bits per heavy atom. The van der Waals surface area contributed by atoms with Gasteiger partial charge in [0.25, 0.3) is 0 Å². The summed E-state index contributed by atoms with van der Waals surface area (Å²) in [4.78, 5) is 8.57. The van der Waals surface area contributed by atoms with E-state index in [0.717, 1.165) is 24.4 Å². The second-order valence-electron chi connectivity index (χ2n) is 7.06. The van der Waals surface area contributed by atoms with Gasteiger partial charge in [0.2, 0.25) is 0 Å². The Kier molecular flexibility index (Phi) is 7.06. The van der Waals surface area contributed by atoms with Gasteiger partial charge in [0.05, 0.1) is 5.69 Å². The maximum Gasteiger partial charge on any atom is 0.111 e. The number of imidazole rings is 1. The lowest BCUT2D eigenvalue weighted by molar-refractivity contribution is 0.605. The Balaban J connectivity index is 1.71. The van der Waals surface area contributed by atoms with E-state index in [9.17, 15) is 0 Å². The normalized spacial score (nSPS) is 11.0. The van der Waals surface area contributed by atoms with Gasteiger partial charge in [-0.1, -0.05) is 99.7 Å².